The van der Waals surface area contributed by atoms with Crippen LogP contribution < -0.4 is 30.4 Å². The summed E-state index contributed by atoms with van der Waals surface area (Å²) < 4.78 is 40.2. The minimum absolute atomic E-state index is 0.0860. The van der Waals surface area contributed by atoms with Gasteiger partial charge in [0.1, 0.15) is 28.7 Å². The average Bonchev–Trinajstić information content (AvgIpc) is 3.24. The Hall–Kier alpha value is 0.00182. The molecule has 4 aromatic rings. The Morgan fingerprint density at radius 1 is 0.667 bits per heavy atom. The van der Waals surface area contributed by atoms with Crippen LogP contribution in [-0.2, 0) is 31.0 Å². The van der Waals surface area contributed by atoms with Gasteiger partial charge in [-0.1, -0.05) is 116 Å². The molecule has 364 valence electrons. The Labute approximate surface area is 444 Å². The van der Waals surface area contributed by atoms with Gasteiger partial charge in [0, 0.05) is 36.0 Å². The molecule has 0 bridgehead atoms. The third-order valence-corrected chi connectivity index (χ3v) is 13.4. The van der Waals surface area contributed by atoms with Crippen LogP contribution in [0.2, 0.25) is 10.0 Å². The first-order valence-electron chi connectivity index (χ1n) is 18.5. The fourth-order valence-electron chi connectivity index (χ4n) is 5.53. The molecule has 0 radical (unpaired) electrons. The number of rotatable bonds is 6. The number of hydrogen-bond donors (Lipinski definition) is 2. The number of ether oxygens (including phenoxy) is 4. The molecule has 21 heteroatoms. The van der Waals surface area contributed by atoms with Gasteiger partial charge in [-0.15, -0.1) is 5.11 Å². The molecular formula is C42H56Br3Cl6CuFN4O4PPd. The predicted molar refractivity (Wildman–Crippen MR) is 275 cm³/mol. The van der Waals surface area contributed by atoms with Gasteiger partial charge in [0.2, 0.25) is 0 Å². The standard InChI is InChI=1S/C10H20FP.C8H8BrClN2O.C8H8BrClO.C8H10BrNO.C8H10ClNO.3ClH.Cu.Pd/c1-10(2,3)12(11)9-7-5-4-6-8-9;1-5-3-6(9)4-7(13-2)8(5)11-12-10;2*1-5-3-6(9)4-7(11-2)8(5)10;1-5-3-6(10)4-7(11-2)8(5)9;;;;;/h9H,4-8H2,1-3H3;3-4H,1-2H3;3-4H,1-2H3;2*3-4H,10H2,1-2H3;3*1H;;/q;;;;;;;;+1;+2/p-3. The van der Waals surface area contributed by atoms with E-state index in [0.29, 0.717) is 50.0 Å². The van der Waals surface area contributed by atoms with Gasteiger partial charge in [-0.3, -0.25) is 0 Å². The van der Waals surface area contributed by atoms with Crippen molar-refractivity contribution in [3.8, 4) is 23.0 Å². The van der Waals surface area contributed by atoms with E-state index in [1.165, 1.54) is 19.3 Å². The quantitative estimate of drug-likeness (QED) is 0.0860. The Kier molecular flexibility index (Phi) is 37.2. The summed E-state index contributed by atoms with van der Waals surface area (Å²) in [5, 5.41) is 4.98. The monoisotopic (exact) mass is 1350 g/mol. The van der Waals surface area contributed by atoms with Crippen LogP contribution in [0, 0.1) is 27.7 Å². The zero-order chi connectivity index (χ0) is 49.0. The molecule has 0 aliphatic heterocycles. The first-order valence-corrected chi connectivity index (χ1v) is 28.6. The summed E-state index contributed by atoms with van der Waals surface area (Å²) in [5.41, 5.74) is 17.6. The van der Waals surface area contributed by atoms with E-state index in [2.05, 4.69) is 82.7 Å². The van der Waals surface area contributed by atoms with Gasteiger partial charge in [0.15, 0.2) is 0 Å². The number of nitrogens with zero attached hydrogens (tertiary/aromatic N) is 2. The van der Waals surface area contributed by atoms with Crippen molar-refractivity contribution in [2.75, 3.05) is 39.9 Å². The molecule has 63 heavy (non-hydrogen) atoms. The molecule has 1 fully saturated rings. The van der Waals surface area contributed by atoms with Gasteiger partial charge in [-0.25, -0.2) is 4.20 Å². The molecule has 1 aliphatic rings. The van der Waals surface area contributed by atoms with Crippen molar-refractivity contribution < 1.29 is 54.2 Å². The van der Waals surface area contributed by atoms with Gasteiger partial charge < -0.3 is 30.4 Å². The molecule has 0 amide bonds. The third-order valence-electron chi connectivity index (χ3n) is 8.53. The number of anilines is 2. The zero-order valence-electron chi connectivity index (χ0n) is 36.8. The minimum atomic E-state index is -1.24. The van der Waals surface area contributed by atoms with Crippen molar-refractivity contribution in [3.63, 3.8) is 0 Å². The summed E-state index contributed by atoms with van der Waals surface area (Å²) in [5.74, 6) is 2.70. The van der Waals surface area contributed by atoms with Crippen LogP contribution in [0.15, 0.2) is 71.7 Å². The third kappa shape index (κ3) is 25.8. The number of halogens is 10. The van der Waals surface area contributed by atoms with Crippen LogP contribution in [0.25, 0.3) is 0 Å². The summed E-state index contributed by atoms with van der Waals surface area (Å²) in [6.07, 6.45) is 6.11. The second-order valence-electron chi connectivity index (χ2n) is 14.2. The molecule has 0 saturated heterocycles. The van der Waals surface area contributed by atoms with E-state index in [0.717, 1.165) is 54.3 Å². The second kappa shape index (κ2) is 36.0. The first-order chi connectivity index (χ1) is 29.6. The van der Waals surface area contributed by atoms with Crippen LogP contribution in [0.5, 0.6) is 23.0 Å². The number of hydrogen-bond acceptors (Lipinski definition) is 8. The maximum absolute atomic E-state index is 13.9. The molecule has 4 N–H and O–H groups in total. The maximum atomic E-state index is 13.9. The molecule has 0 spiro atoms. The molecule has 4 aromatic carbocycles. The summed E-state index contributed by atoms with van der Waals surface area (Å²) in [6.45, 7) is 13.8. The van der Waals surface area contributed by atoms with Crippen molar-refractivity contribution in [1.29, 1.82) is 0 Å². The second-order valence-corrected chi connectivity index (χ2v) is 22.9. The molecule has 1 atom stereocenters. The van der Waals surface area contributed by atoms with Crippen LogP contribution in [-0.4, -0.2) is 39.3 Å². The van der Waals surface area contributed by atoms with E-state index >= 15 is 0 Å². The Morgan fingerprint density at radius 2 is 1.05 bits per heavy atom. The van der Waals surface area contributed by atoms with E-state index in [4.69, 9.17) is 84.5 Å². The SMILES string of the molecule is CC(C)(C)P(F)C1CCCCC1.COc1cc(Br)cc(C)c1Cl.COc1cc(Br)cc(C)c1N.COc1cc(Br)cc(C)c1N=NCl.COc1cc(N)cc(C)c1Cl.[Cl][Cu].[Cl][Pd][Cl]. The molecule has 1 aliphatic carbocycles. The Bertz CT molecular complexity index is 1840. The molecular weight excluding hydrogens is 1300 g/mol. The molecule has 0 aromatic heterocycles. The molecule has 1 saturated carbocycles. The van der Waals surface area contributed by atoms with E-state index < -0.39 is 8.23 Å². The Morgan fingerprint density at radius 3 is 1.48 bits per heavy atom. The summed E-state index contributed by atoms with van der Waals surface area (Å²) in [4.78, 5) is 0. The first kappa shape index (κ1) is 65.1. The normalized spacial score (nSPS) is 12.4. The number of aryl methyl sites for hydroxylation is 4. The fourth-order valence-corrected chi connectivity index (χ4v) is 9.55. The molecule has 1 unspecified atom stereocenters. The molecule has 0 heterocycles. The van der Waals surface area contributed by atoms with Gasteiger partial charge >= 0.3 is 60.2 Å². The summed E-state index contributed by atoms with van der Waals surface area (Å²) in [6, 6.07) is 14.8. The van der Waals surface area contributed by atoms with E-state index in [1.807, 2.05) is 90.9 Å². The topological polar surface area (TPSA) is 114 Å². The summed E-state index contributed by atoms with van der Waals surface area (Å²) in [7, 11) is 18.9. The molecule has 8 nitrogen and oxygen atoms in total. The molecule has 5 rings (SSSR count). The number of nitrogens with two attached hydrogens (primary N) is 2. The Balaban J connectivity index is 0. The summed E-state index contributed by atoms with van der Waals surface area (Å²) >= 11 is 30.6. The average molecular weight is 1350 g/mol. The van der Waals surface area contributed by atoms with E-state index in [-0.39, 0.29) is 21.1 Å². The van der Waals surface area contributed by atoms with Crippen molar-refractivity contribution in [2.45, 2.75) is 91.4 Å². The zero-order valence-corrected chi connectivity index (χ0v) is 49.4. The number of benzene rings is 4. The van der Waals surface area contributed by atoms with Crippen LogP contribution in [0.1, 0.15) is 75.1 Å². The van der Waals surface area contributed by atoms with Crippen molar-refractivity contribution in [1.82, 2.24) is 0 Å². The number of methoxy groups -OCH3 is 4. The van der Waals surface area contributed by atoms with Crippen LogP contribution in [0.4, 0.5) is 21.3 Å². The van der Waals surface area contributed by atoms with Gasteiger partial charge in [-0.05, 0) is 105 Å². The van der Waals surface area contributed by atoms with Crippen molar-refractivity contribution in [3.05, 3.63) is 94.2 Å². The van der Waals surface area contributed by atoms with Crippen molar-refractivity contribution >= 4 is 137 Å². The van der Waals surface area contributed by atoms with Gasteiger partial charge in [-0.2, -0.15) is 0 Å². The van der Waals surface area contributed by atoms with Gasteiger partial charge in [0.05, 0.1) is 64.2 Å². The number of nitrogen functional groups attached to an aromatic ring is 2. The van der Waals surface area contributed by atoms with E-state index in [1.54, 1.807) is 34.5 Å². The predicted octanol–water partition coefficient (Wildman–Crippen LogP) is 18.6. The van der Waals surface area contributed by atoms with E-state index in [9.17, 15) is 4.20 Å². The van der Waals surface area contributed by atoms with Gasteiger partial charge in [0.25, 0.3) is 0 Å². The van der Waals surface area contributed by atoms with Crippen molar-refractivity contribution in [2.24, 2.45) is 9.75 Å². The van der Waals surface area contributed by atoms with Crippen LogP contribution >= 0.6 is 120 Å². The van der Waals surface area contributed by atoms with Crippen LogP contribution in [0.3, 0.4) is 0 Å². The fraction of sp³-hybridized carbons (Fsp3) is 0.429.